The number of hydrogen-bond acceptors (Lipinski definition) is 5. The molecule has 0 saturated heterocycles. The molecule has 0 saturated carbocycles. The summed E-state index contributed by atoms with van der Waals surface area (Å²) in [6.45, 7) is 1.75. The first-order valence-corrected chi connectivity index (χ1v) is 7.29. The molecule has 0 N–H and O–H groups in total. The van der Waals surface area contributed by atoms with Crippen molar-refractivity contribution >= 4 is 34.9 Å². The average molecular weight is 322 g/mol. The van der Waals surface area contributed by atoms with Gasteiger partial charge in [-0.05, 0) is 25.1 Å². The van der Waals surface area contributed by atoms with E-state index in [1.54, 1.807) is 31.2 Å². The fraction of sp³-hybridized carbons (Fsp3) is 0.118. The molecule has 1 atom stereocenters. The van der Waals surface area contributed by atoms with Crippen LogP contribution in [0, 0.1) is 16.0 Å². The molecule has 24 heavy (non-hydrogen) atoms. The molecule has 1 heterocycles. The summed E-state index contributed by atoms with van der Waals surface area (Å²) in [6, 6.07) is 15.1. The van der Waals surface area contributed by atoms with Crippen molar-refractivity contribution in [2.45, 2.75) is 6.92 Å². The highest BCUT2D eigenvalue weighted by Crippen LogP contribution is 2.24. The van der Waals surface area contributed by atoms with Crippen LogP contribution in [0.3, 0.4) is 0 Å². The lowest BCUT2D eigenvalue weighted by Gasteiger charge is -2.12. The van der Waals surface area contributed by atoms with Gasteiger partial charge in [-0.3, -0.25) is 19.9 Å². The van der Waals surface area contributed by atoms with Gasteiger partial charge < -0.3 is 0 Å². The van der Waals surface area contributed by atoms with E-state index in [2.05, 4.69) is 10.1 Å². The minimum atomic E-state index is -0.579. The number of non-ortho nitro benzene ring substituents is 1. The van der Waals surface area contributed by atoms with Crippen molar-refractivity contribution < 1.29 is 9.72 Å². The normalized spacial score (nSPS) is 17.4. The maximum atomic E-state index is 12.5. The van der Waals surface area contributed by atoms with E-state index >= 15 is 0 Å². The van der Waals surface area contributed by atoms with E-state index < -0.39 is 10.8 Å². The lowest BCUT2D eigenvalue weighted by Crippen LogP contribution is -2.27. The molecule has 7 heteroatoms. The van der Waals surface area contributed by atoms with Gasteiger partial charge in [0.1, 0.15) is 5.92 Å². The van der Waals surface area contributed by atoms with E-state index in [-0.39, 0.29) is 11.6 Å². The van der Waals surface area contributed by atoms with Gasteiger partial charge in [0.05, 0.1) is 22.0 Å². The number of carbonyl (C=O) groups is 1. The number of carbonyl (C=O) groups excluding carboxylic acids is 1. The SMILES string of the molecule is CC1=NN(c2ccccc2)C(=O)[C@H]1C=Nc1cccc([N+](=O)[O-])c1. The van der Waals surface area contributed by atoms with Crippen LogP contribution in [0.25, 0.3) is 0 Å². The van der Waals surface area contributed by atoms with Crippen LogP contribution >= 0.6 is 0 Å². The average Bonchev–Trinajstić information content (AvgIpc) is 2.88. The molecule has 0 bridgehead atoms. The van der Waals surface area contributed by atoms with Gasteiger partial charge in [-0.15, -0.1) is 0 Å². The van der Waals surface area contributed by atoms with Gasteiger partial charge in [0.15, 0.2) is 0 Å². The fourth-order valence-corrected chi connectivity index (χ4v) is 2.35. The summed E-state index contributed by atoms with van der Waals surface area (Å²) in [7, 11) is 0. The maximum Gasteiger partial charge on any atom is 0.271 e. The van der Waals surface area contributed by atoms with Gasteiger partial charge in [-0.1, -0.05) is 24.3 Å². The first-order valence-electron chi connectivity index (χ1n) is 7.29. The van der Waals surface area contributed by atoms with E-state index in [9.17, 15) is 14.9 Å². The first-order chi connectivity index (χ1) is 11.6. The third kappa shape index (κ3) is 3.05. The number of nitro benzene ring substituents is 1. The molecule has 1 amide bonds. The van der Waals surface area contributed by atoms with Crippen molar-refractivity contribution in [3.8, 4) is 0 Å². The summed E-state index contributed by atoms with van der Waals surface area (Å²) in [5.74, 6) is -0.780. The number of para-hydroxylation sites is 1. The number of amides is 1. The number of anilines is 1. The molecule has 0 unspecified atom stereocenters. The van der Waals surface area contributed by atoms with Crippen molar-refractivity contribution in [1.82, 2.24) is 0 Å². The smallest absolute Gasteiger partial charge is 0.271 e. The minimum absolute atomic E-state index is 0.0429. The summed E-state index contributed by atoms with van der Waals surface area (Å²) in [6.07, 6.45) is 1.48. The highest BCUT2D eigenvalue weighted by Gasteiger charge is 2.33. The van der Waals surface area contributed by atoms with Crippen LogP contribution < -0.4 is 5.01 Å². The Bertz CT molecular complexity index is 846. The fourth-order valence-electron chi connectivity index (χ4n) is 2.35. The molecule has 1 aliphatic rings. The lowest BCUT2D eigenvalue weighted by atomic mass is 10.1. The van der Waals surface area contributed by atoms with E-state index in [1.807, 2.05) is 18.2 Å². The number of hydrazone groups is 1. The van der Waals surface area contributed by atoms with Crippen LogP contribution in [0.15, 0.2) is 64.7 Å². The molecule has 0 radical (unpaired) electrons. The maximum absolute atomic E-state index is 12.5. The molecule has 0 aliphatic carbocycles. The molecule has 120 valence electrons. The van der Waals surface area contributed by atoms with Gasteiger partial charge in [0.2, 0.25) is 0 Å². The largest absolute Gasteiger partial charge is 0.271 e. The van der Waals surface area contributed by atoms with Gasteiger partial charge in [0.25, 0.3) is 11.6 Å². The summed E-state index contributed by atoms with van der Waals surface area (Å²) in [4.78, 5) is 27.0. The molecule has 2 aromatic rings. The number of rotatable bonds is 4. The highest BCUT2D eigenvalue weighted by atomic mass is 16.6. The predicted octanol–water partition coefficient (Wildman–Crippen LogP) is 3.34. The Morgan fingerprint density at radius 3 is 2.67 bits per heavy atom. The molecular weight excluding hydrogens is 308 g/mol. The second-order valence-electron chi connectivity index (χ2n) is 5.26. The molecule has 7 nitrogen and oxygen atoms in total. The van der Waals surface area contributed by atoms with Crippen LogP contribution in [0.4, 0.5) is 17.1 Å². The Kier molecular flexibility index (Phi) is 4.15. The third-order valence-corrected chi connectivity index (χ3v) is 3.60. The predicted molar refractivity (Wildman–Crippen MR) is 91.8 cm³/mol. The molecule has 0 spiro atoms. The quantitative estimate of drug-likeness (QED) is 0.491. The van der Waals surface area contributed by atoms with Crippen LogP contribution in [0.1, 0.15) is 6.92 Å². The van der Waals surface area contributed by atoms with E-state index in [1.165, 1.54) is 23.4 Å². The van der Waals surface area contributed by atoms with E-state index in [0.29, 0.717) is 17.1 Å². The monoisotopic (exact) mass is 322 g/mol. The third-order valence-electron chi connectivity index (χ3n) is 3.60. The van der Waals surface area contributed by atoms with E-state index in [0.717, 1.165) is 0 Å². The molecule has 3 rings (SSSR count). The summed E-state index contributed by atoms with van der Waals surface area (Å²) in [5.41, 5.74) is 1.69. The van der Waals surface area contributed by atoms with Gasteiger partial charge in [-0.25, -0.2) is 0 Å². The Balaban J connectivity index is 1.81. The number of hydrogen-bond donors (Lipinski definition) is 0. The zero-order chi connectivity index (χ0) is 17.1. The second kappa shape index (κ2) is 6.41. The van der Waals surface area contributed by atoms with Gasteiger partial charge >= 0.3 is 0 Å². The summed E-state index contributed by atoms with van der Waals surface area (Å²) >= 11 is 0. The Hall–Kier alpha value is -3.35. The molecule has 1 aliphatic heterocycles. The van der Waals surface area contributed by atoms with Gasteiger partial charge in [0, 0.05) is 18.3 Å². The Labute approximate surface area is 138 Å². The number of aliphatic imine (C=N–C) groups is 1. The molecular formula is C17H14N4O3. The van der Waals surface area contributed by atoms with Crippen molar-refractivity contribution in [1.29, 1.82) is 0 Å². The van der Waals surface area contributed by atoms with Crippen molar-refractivity contribution in [2.24, 2.45) is 16.0 Å². The van der Waals surface area contributed by atoms with Crippen LogP contribution in [-0.4, -0.2) is 22.8 Å². The van der Waals surface area contributed by atoms with E-state index in [4.69, 9.17) is 0 Å². The summed E-state index contributed by atoms with van der Waals surface area (Å²) in [5, 5.41) is 16.4. The standard InChI is InChI=1S/C17H14N4O3/c1-12-16(11-18-13-6-5-9-15(10-13)21(23)24)17(22)20(19-12)14-7-3-2-4-8-14/h2-11,16H,1H3/t16-/m0/s1. The van der Waals surface area contributed by atoms with Gasteiger partial charge in [-0.2, -0.15) is 10.1 Å². The zero-order valence-electron chi connectivity index (χ0n) is 12.9. The second-order valence-corrected chi connectivity index (χ2v) is 5.26. The van der Waals surface area contributed by atoms with Crippen LogP contribution in [-0.2, 0) is 4.79 Å². The van der Waals surface area contributed by atoms with Crippen molar-refractivity contribution in [3.05, 3.63) is 64.7 Å². The first kappa shape index (κ1) is 15.5. The lowest BCUT2D eigenvalue weighted by molar-refractivity contribution is -0.384. The topological polar surface area (TPSA) is 88.2 Å². The number of benzene rings is 2. The minimum Gasteiger partial charge on any atom is -0.271 e. The number of nitro groups is 1. The Morgan fingerprint density at radius 1 is 1.21 bits per heavy atom. The Morgan fingerprint density at radius 2 is 1.96 bits per heavy atom. The molecule has 2 aromatic carbocycles. The van der Waals surface area contributed by atoms with Crippen molar-refractivity contribution in [3.63, 3.8) is 0 Å². The zero-order valence-corrected chi connectivity index (χ0v) is 12.9. The van der Waals surface area contributed by atoms with Crippen LogP contribution in [0.5, 0.6) is 0 Å². The molecule has 0 fully saturated rings. The number of nitrogens with zero attached hydrogens (tertiary/aromatic N) is 4. The highest BCUT2D eigenvalue weighted by molar-refractivity contribution is 6.23. The molecule has 0 aromatic heterocycles. The van der Waals surface area contributed by atoms with Crippen molar-refractivity contribution in [2.75, 3.05) is 5.01 Å². The van der Waals surface area contributed by atoms with Crippen LogP contribution in [0.2, 0.25) is 0 Å². The summed E-state index contributed by atoms with van der Waals surface area (Å²) < 4.78 is 0.